The minimum absolute atomic E-state index is 0.114. The smallest absolute Gasteiger partial charge is 0.305 e. The zero-order chi connectivity index (χ0) is 26.6. The fourth-order valence-corrected chi connectivity index (χ4v) is 4.10. The number of nitro benzene ring substituents is 1. The molecule has 9 heteroatoms. The lowest BCUT2D eigenvalue weighted by Crippen LogP contribution is -2.43. The molecular formula is C27H43ClN2O6. The van der Waals surface area contributed by atoms with Gasteiger partial charge in [0.25, 0.3) is 5.69 Å². The van der Waals surface area contributed by atoms with E-state index in [4.69, 9.17) is 16.3 Å². The molecule has 0 heterocycles. The summed E-state index contributed by atoms with van der Waals surface area (Å²) in [5.74, 6) is -1.22. The molecule has 0 saturated heterocycles. The number of hydrogen-bond donors (Lipinski definition) is 2. The maximum Gasteiger partial charge on any atom is 0.305 e. The van der Waals surface area contributed by atoms with Crippen molar-refractivity contribution in [2.24, 2.45) is 0 Å². The zero-order valence-corrected chi connectivity index (χ0v) is 22.3. The van der Waals surface area contributed by atoms with E-state index in [9.17, 15) is 24.8 Å². The van der Waals surface area contributed by atoms with E-state index in [-0.39, 0.29) is 30.6 Å². The predicted octanol–water partition coefficient (Wildman–Crippen LogP) is 6.38. The molecule has 36 heavy (non-hydrogen) atoms. The van der Waals surface area contributed by atoms with Gasteiger partial charge in [0.05, 0.1) is 11.0 Å². The van der Waals surface area contributed by atoms with Gasteiger partial charge in [-0.05, 0) is 24.1 Å². The Balaban J connectivity index is 2.26. The summed E-state index contributed by atoms with van der Waals surface area (Å²) in [5.41, 5.74) is 0.240. The number of rotatable bonds is 21. The van der Waals surface area contributed by atoms with Gasteiger partial charge in [-0.15, -0.1) is 11.6 Å². The van der Waals surface area contributed by atoms with Gasteiger partial charge in [0.2, 0.25) is 5.91 Å². The number of nitro groups is 1. The Kier molecular flexibility index (Phi) is 17.6. The van der Waals surface area contributed by atoms with Gasteiger partial charge in [-0.3, -0.25) is 19.7 Å². The summed E-state index contributed by atoms with van der Waals surface area (Å²) in [6.45, 7) is 2.01. The molecular weight excluding hydrogens is 484 g/mol. The highest BCUT2D eigenvalue weighted by atomic mass is 35.5. The molecule has 0 aliphatic heterocycles. The lowest BCUT2D eigenvalue weighted by Gasteiger charge is -2.24. The number of hydrogen-bond acceptors (Lipinski definition) is 6. The van der Waals surface area contributed by atoms with Crippen LogP contribution in [0, 0.1) is 10.1 Å². The third-order valence-corrected chi connectivity index (χ3v) is 6.45. The second-order valence-electron chi connectivity index (χ2n) is 9.28. The molecule has 2 atom stereocenters. The van der Waals surface area contributed by atoms with E-state index < -0.39 is 23.0 Å². The summed E-state index contributed by atoms with van der Waals surface area (Å²) in [5, 5.41) is 24.0. The minimum Gasteiger partial charge on any atom is -0.463 e. The van der Waals surface area contributed by atoms with Gasteiger partial charge in [0, 0.05) is 18.6 Å². The SMILES string of the molecule is CCCCCCCCCCCCCCCC(=O)OCC(NC(=O)CCl)C(O)c1ccc([N+](=O)[O-])cc1. The topological polar surface area (TPSA) is 119 Å². The van der Waals surface area contributed by atoms with Gasteiger partial charge >= 0.3 is 5.97 Å². The number of aliphatic hydroxyl groups excluding tert-OH is 1. The minimum atomic E-state index is -1.22. The molecule has 2 N–H and O–H groups in total. The number of amides is 1. The number of ether oxygens (including phenoxy) is 1. The molecule has 0 spiro atoms. The van der Waals surface area contributed by atoms with Crippen molar-refractivity contribution in [3.63, 3.8) is 0 Å². The van der Waals surface area contributed by atoms with Crippen molar-refractivity contribution in [2.45, 2.75) is 109 Å². The van der Waals surface area contributed by atoms with Crippen molar-refractivity contribution in [3.05, 3.63) is 39.9 Å². The highest BCUT2D eigenvalue weighted by Gasteiger charge is 2.25. The van der Waals surface area contributed by atoms with Crippen LogP contribution in [0.2, 0.25) is 0 Å². The highest BCUT2D eigenvalue weighted by Crippen LogP contribution is 2.21. The number of non-ortho nitro benzene ring substituents is 1. The van der Waals surface area contributed by atoms with Gasteiger partial charge in [0.1, 0.15) is 18.6 Å². The first-order valence-corrected chi connectivity index (χ1v) is 13.9. The van der Waals surface area contributed by atoms with Crippen LogP contribution in [0.3, 0.4) is 0 Å². The van der Waals surface area contributed by atoms with Crippen LogP contribution >= 0.6 is 11.6 Å². The number of nitrogens with zero attached hydrogens (tertiary/aromatic N) is 1. The lowest BCUT2D eigenvalue weighted by atomic mass is 10.0. The molecule has 0 aliphatic carbocycles. The first kappa shape index (κ1) is 31.8. The molecule has 0 aliphatic rings. The molecule has 0 saturated carbocycles. The number of unbranched alkanes of at least 4 members (excludes halogenated alkanes) is 12. The molecule has 1 aromatic carbocycles. The van der Waals surface area contributed by atoms with Crippen LogP contribution in [-0.2, 0) is 14.3 Å². The van der Waals surface area contributed by atoms with E-state index in [1.165, 1.54) is 88.5 Å². The average molecular weight is 527 g/mol. The number of carbonyl (C=O) groups is 2. The fourth-order valence-electron chi connectivity index (χ4n) is 4.02. The second kappa shape index (κ2) is 19.9. The molecule has 204 valence electrons. The summed E-state index contributed by atoms with van der Waals surface area (Å²) in [6, 6.07) is 4.41. The first-order valence-electron chi connectivity index (χ1n) is 13.3. The van der Waals surface area contributed by atoms with Crippen molar-refractivity contribution in [1.29, 1.82) is 0 Å². The third-order valence-electron chi connectivity index (χ3n) is 6.20. The summed E-state index contributed by atoms with van der Waals surface area (Å²) in [4.78, 5) is 34.2. The van der Waals surface area contributed by atoms with Crippen LogP contribution in [0.1, 0.15) is 108 Å². The van der Waals surface area contributed by atoms with Crippen molar-refractivity contribution in [3.8, 4) is 0 Å². The maximum atomic E-state index is 12.2. The Morgan fingerprint density at radius 3 is 1.92 bits per heavy atom. The number of carbonyl (C=O) groups excluding carboxylic acids is 2. The monoisotopic (exact) mass is 526 g/mol. The molecule has 0 bridgehead atoms. The van der Waals surface area contributed by atoms with Crippen LogP contribution in [0.25, 0.3) is 0 Å². The van der Waals surface area contributed by atoms with Crippen molar-refractivity contribution in [2.75, 3.05) is 12.5 Å². The number of nitrogens with one attached hydrogen (secondary N) is 1. The van der Waals surface area contributed by atoms with Crippen molar-refractivity contribution in [1.82, 2.24) is 5.32 Å². The molecule has 0 radical (unpaired) electrons. The number of halogens is 1. The van der Waals surface area contributed by atoms with Crippen LogP contribution in [0.15, 0.2) is 24.3 Å². The predicted molar refractivity (Wildman–Crippen MR) is 142 cm³/mol. The number of aliphatic hydroxyl groups is 1. The highest BCUT2D eigenvalue weighted by molar-refractivity contribution is 6.27. The van der Waals surface area contributed by atoms with E-state index in [0.29, 0.717) is 5.56 Å². The van der Waals surface area contributed by atoms with E-state index in [2.05, 4.69) is 12.2 Å². The molecule has 8 nitrogen and oxygen atoms in total. The van der Waals surface area contributed by atoms with Crippen LogP contribution in [0.4, 0.5) is 5.69 Å². The molecule has 1 aromatic rings. The fraction of sp³-hybridized carbons (Fsp3) is 0.704. The lowest BCUT2D eigenvalue weighted by molar-refractivity contribution is -0.384. The molecule has 2 unspecified atom stereocenters. The molecule has 0 aromatic heterocycles. The normalized spacial score (nSPS) is 12.6. The maximum absolute atomic E-state index is 12.2. The summed E-state index contributed by atoms with van der Waals surface area (Å²) >= 11 is 5.56. The summed E-state index contributed by atoms with van der Waals surface area (Å²) in [7, 11) is 0. The Morgan fingerprint density at radius 1 is 0.944 bits per heavy atom. The van der Waals surface area contributed by atoms with Gasteiger partial charge in [-0.25, -0.2) is 0 Å². The van der Waals surface area contributed by atoms with E-state index in [1.54, 1.807) is 0 Å². The Bertz CT molecular complexity index is 759. The number of esters is 1. The molecule has 0 fully saturated rings. The Hall–Kier alpha value is -2.19. The standard InChI is InChI=1S/C27H43ClN2O6/c1-2-3-4-5-6-7-8-9-10-11-12-13-14-15-26(32)36-21-24(29-25(31)20-28)27(33)22-16-18-23(19-17-22)30(34)35/h16-19,24,27,33H,2-15,20-21H2,1H3,(H,29,31). The third kappa shape index (κ3) is 14.4. The van der Waals surface area contributed by atoms with Crippen LogP contribution < -0.4 is 5.32 Å². The number of benzene rings is 1. The van der Waals surface area contributed by atoms with E-state index in [1.807, 2.05) is 0 Å². The van der Waals surface area contributed by atoms with E-state index in [0.717, 1.165) is 19.3 Å². The van der Waals surface area contributed by atoms with Gasteiger partial charge in [-0.2, -0.15) is 0 Å². The molecule has 1 rings (SSSR count). The Labute approximate surface area is 220 Å². The quantitative estimate of drug-likeness (QED) is 0.0630. The summed E-state index contributed by atoms with van der Waals surface area (Å²) < 4.78 is 5.30. The summed E-state index contributed by atoms with van der Waals surface area (Å²) in [6.07, 6.45) is 14.9. The number of alkyl halides is 1. The molecule has 1 amide bonds. The zero-order valence-electron chi connectivity index (χ0n) is 21.6. The average Bonchev–Trinajstić information content (AvgIpc) is 2.88. The first-order chi connectivity index (χ1) is 17.4. The van der Waals surface area contributed by atoms with Crippen LogP contribution in [-0.4, -0.2) is 40.4 Å². The van der Waals surface area contributed by atoms with E-state index >= 15 is 0 Å². The van der Waals surface area contributed by atoms with Crippen LogP contribution in [0.5, 0.6) is 0 Å². The Morgan fingerprint density at radius 2 is 1.44 bits per heavy atom. The second-order valence-corrected chi connectivity index (χ2v) is 9.54. The van der Waals surface area contributed by atoms with Gasteiger partial charge in [0.15, 0.2) is 0 Å². The van der Waals surface area contributed by atoms with Crippen molar-refractivity contribution >= 4 is 29.2 Å². The van der Waals surface area contributed by atoms with Crippen molar-refractivity contribution < 1.29 is 24.4 Å². The van der Waals surface area contributed by atoms with Gasteiger partial charge in [-0.1, -0.05) is 84.0 Å². The largest absolute Gasteiger partial charge is 0.463 e. The van der Waals surface area contributed by atoms with Gasteiger partial charge < -0.3 is 15.2 Å².